The molecule has 0 N–H and O–H groups in total. The number of aromatic nitrogens is 3. The summed E-state index contributed by atoms with van der Waals surface area (Å²) in [7, 11) is 0. The van der Waals surface area contributed by atoms with Crippen molar-refractivity contribution in [2.45, 2.75) is 44.9 Å². The molecule has 28 heavy (non-hydrogen) atoms. The average Bonchev–Trinajstić information content (AvgIpc) is 3.46. The molecular weight excluding hydrogens is 433 g/mol. The van der Waals surface area contributed by atoms with Gasteiger partial charge in [0.05, 0.1) is 29.6 Å². The number of nitrogens with zero attached hydrogens (tertiary/aromatic N) is 4. The van der Waals surface area contributed by atoms with Crippen molar-refractivity contribution in [3.63, 3.8) is 0 Å². The van der Waals surface area contributed by atoms with Crippen LogP contribution >= 0.6 is 15.9 Å². The highest BCUT2D eigenvalue weighted by molar-refractivity contribution is 9.10. The van der Waals surface area contributed by atoms with Crippen LogP contribution in [0, 0.1) is 6.92 Å². The number of halogens is 4. The Morgan fingerprint density at radius 3 is 2.68 bits per heavy atom. The third-order valence-corrected chi connectivity index (χ3v) is 5.49. The second-order valence-corrected chi connectivity index (χ2v) is 7.87. The fourth-order valence-electron chi connectivity index (χ4n) is 3.47. The average molecular weight is 451 g/mol. The van der Waals surface area contributed by atoms with Crippen LogP contribution in [0.1, 0.15) is 48.5 Å². The summed E-state index contributed by atoms with van der Waals surface area (Å²) in [6.07, 6.45) is 1.35. The fourth-order valence-corrected chi connectivity index (χ4v) is 3.80. The summed E-state index contributed by atoms with van der Waals surface area (Å²) in [5.74, 6) is 0. The van der Waals surface area contributed by atoms with E-state index in [4.69, 9.17) is 0 Å². The van der Waals surface area contributed by atoms with Gasteiger partial charge in [0.15, 0.2) is 5.49 Å². The largest absolute Gasteiger partial charge is 0.416 e. The quantitative estimate of drug-likeness (QED) is 0.493. The molecule has 0 bridgehead atoms. The minimum absolute atomic E-state index is 0.197. The first-order valence-corrected chi connectivity index (χ1v) is 9.78. The van der Waals surface area contributed by atoms with E-state index in [9.17, 15) is 13.2 Å². The molecule has 3 aromatic rings. The molecule has 0 amide bonds. The molecule has 1 fully saturated rings. The zero-order valence-electron chi connectivity index (χ0n) is 15.3. The van der Waals surface area contributed by atoms with Gasteiger partial charge in [-0.2, -0.15) is 13.2 Å². The lowest BCUT2D eigenvalue weighted by Gasteiger charge is -2.16. The molecule has 2 aromatic heterocycles. The van der Waals surface area contributed by atoms with Crippen LogP contribution in [0.5, 0.6) is 0 Å². The van der Waals surface area contributed by atoms with E-state index in [0.717, 1.165) is 29.8 Å². The Labute approximate surface area is 168 Å². The van der Waals surface area contributed by atoms with E-state index in [-0.39, 0.29) is 5.56 Å². The fraction of sp³-hybridized carbons (Fsp3) is 0.350. The molecule has 1 aromatic carbocycles. The summed E-state index contributed by atoms with van der Waals surface area (Å²) in [6.45, 7) is 3.27. The summed E-state index contributed by atoms with van der Waals surface area (Å²) < 4.78 is 42.5. The van der Waals surface area contributed by atoms with Gasteiger partial charge in [0, 0.05) is 11.4 Å². The Hall–Kier alpha value is -2.22. The van der Waals surface area contributed by atoms with Crippen LogP contribution in [0.4, 0.5) is 13.2 Å². The Kier molecular flexibility index (Phi) is 4.77. The molecule has 8 heteroatoms. The van der Waals surface area contributed by atoms with E-state index in [2.05, 4.69) is 35.5 Å². The highest BCUT2D eigenvalue weighted by Crippen LogP contribution is 2.37. The maximum Gasteiger partial charge on any atom is 0.416 e. The molecule has 0 saturated heterocycles. The van der Waals surface area contributed by atoms with Crippen molar-refractivity contribution < 1.29 is 13.2 Å². The first-order valence-electron chi connectivity index (χ1n) is 8.98. The van der Waals surface area contributed by atoms with Gasteiger partial charge in [-0.25, -0.2) is 9.97 Å². The van der Waals surface area contributed by atoms with E-state index < -0.39 is 17.8 Å². The van der Waals surface area contributed by atoms with Crippen LogP contribution in [0.3, 0.4) is 0 Å². The Balaban J connectivity index is 1.85. The molecule has 2 heterocycles. The molecule has 1 aliphatic rings. The van der Waals surface area contributed by atoms with Crippen molar-refractivity contribution in [3.05, 3.63) is 63.6 Å². The van der Waals surface area contributed by atoms with Crippen LogP contribution in [-0.2, 0) is 6.18 Å². The van der Waals surface area contributed by atoms with Crippen molar-refractivity contribution >= 4 is 26.8 Å². The van der Waals surface area contributed by atoms with Crippen LogP contribution in [0.15, 0.2) is 46.4 Å². The van der Waals surface area contributed by atoms with Gasteiger partial charge in [-0.15, -0.1) is 0 Å². The number of hydrogen-bond donors (Lipinski definition) is 0. The van der Waals surface area contributed by atoms with Gasteiger partial charge in [0.25, 0.3) is 0 Å². The van der Waals surface area contributed by atoms with Gasteiger partial charge >= 0.3 is 6.18 Å². The van der Waals surface area contributed by atoms with Gasteiger partial charge in [-0.3, -0.25) is 4.99 Å². The first-order chi connectivity index (χ1) is 13.3. The van der Waals surface area contributed by atoms with Crippen LogP contribution in [0.25, 0.3) is 10.9 Å². The minimum atomic E-state index is -4.39. The number of pyridine rings is 1. The molecule has 4 rings (SSSR count). The first kappa shape index (κ1) is 19.1. The monoisotopic (exact) mass is 450 g/mol. The van der Waals surface area contributed by atoms with E-state index in [0.29, 0.717) is 21.7 Å². The lowest BCUT2D eigenvalue weighted by atomic mass is 9.97. The predicted molar refractivity (Wildman–Crippen MR) is 104 cm³/mol. The lowest BCUT2D eigenvalue weighted by Crippen LogP contribution is -2.16. The van der Waals surface area contributed by atoms with E-state index in [1.165, 1.54) is 13.0 Å². The molecule has 146 valence electrons. The molecular formula is C20H18BrF3N4. The maximum atomic E-state index is 13.2. The van der Waals surface area contributed by atoms with Crippen molar-refractivity contribution in [2.75, 3.05) is 0 Å². The Morgan fingerprint density at radius 1 is 1.25 bits per heavy atom. The summed E-state index contributed by atoms with van der Waals surface area (Å²) in [4.78, 5) is 13.5. The van der Waals surface area contributed by atoms with Crippen molar-refractivity contribution in [1.29, 1.82) is 0 Å². The summed E-state index contributed by atoms with van der Waals surface area (Å²) in [5, 5.41) is 0.827. The Morgan fingerprint density at radius 2 is 2.00 bits per heavy atom. The summed E-state index contributed by atoms with van der Waals surface area (Å²) in [6, 6.07) is 6.02. The second-order valence-electron chi connectivity index (χ2n) is 7.05. The van der Waals surface area contributed by atoms with E-state index in [1.54, 1.807) is 25.5 Å². The number of rotatable bonds is 3. The zero-order valence-corrected chi connectivity index (χ0v) is 16.9. The third kappa shape index (κ3) is 3.57. The summed E-state index contributed by atoms with van der Waals surface area (Å²) in [5.41, 5.74) is 1.53. The molecule has 0 aliphatic heterocycles. The molecule has 0 radical (unpaired) electrons. The van der Waals surface area contributed by atoms with Crippen molar-refractivity contribution in [2.24, 2.45) is 4.99 Å². The molecule has 0 unspecified atom stereocenters. The van der Waals surface area contributed by atoms with Gasteiger partial charge in [-0.1, -0.05) is 12.1 Å². The zero-order chi connectivity index (χ0) is 20.1. The van der Waals surface area contributed by atoms with Gasteiger partial charge in [0.2, 0.25) is 0 Å². The van der Waals surface area contributed by atoms with Crippen LogP contribution < -0.4 is 5.49 Å². The highest BCUT2D eigenvalue weighted by atomic mass is 79.9. The van der Waals surface area contributed by atoms with Crippen LogP contribution in [-0.4, -0.2) is 14.5 Å². The molecule has 1 atom stereocenters. The number of alkyl halides is 3. The lowest BCUT2D eigenvalue weighted by molar-refractivity contribution is -0.138. The van der Waals surface area contributed by atoms with Crippen molar-refractivity contribution in [3.8, 4) is 0 Å². The SMILES string of the molecule is Cc1c([C@@H](C)N=c2ncn(C3CC3)c3cnc(Br)cc23)cccc1C(F)(F)F. The van der Waals surface area contributed by atoms with Gasteiger partial charge in [0.1, 0.15) is 4.60 Å². The molecule has 1 saturated carbocycles. The topological polar surface area (TPSA) is 43.1 Å². The molecule has 1 aliphatic carbocycles. The number of fused-ring (bicyclic) bond motifs is 1. The van der Waals surface area contributed by atoms with Gasteiger partial charge < -0.3 is 4.57 Å². The second kappa shape index (κ2) is 6.99. The van der Waals surface area contributed by atoms with Gasteiger partial charge in [-0.05, 0) is 65.9 Å². The van der Waals surface area contributed by atoms with Crippen molar-refractivity contribution in [1.82, 2.24) is 14.5 Å². The highest BCUT2D eigenvalue weighted by Gasteiger charge is 2.33. The third-order valence-electron chi connectivity index (χ3n) is 5.06. The normalized spacial score (nSPS) is 16.6. The van der Waals surface area contributed by atoms with E-state index in [1.807, 2.05) is 6.07 Å². The molecule has 4 nitrogen and oxygen atoms in total. The minimum Gasteiger partial charge on any atom is -0.327 e. The predicted octanol–water partition coefficient (Wildman–Crippen LogP) is 5.52. The summed E-state index contributed by atoms with van der Waals surface area (Å²) >= 11 is 3.38. The number of benzene rings is 1. The standard InChI is InChI=1S/C20H18BrF3N4/c1-11-14(4-3-5-16(11)20(22,23)24)12(2)27-19-15-8-18(21)25-9-17(15)28(10-26-19)13-6-7-13/h3-5,8-10,12-13H,6-7H2,1-2H3/t12-/m1/s1. The van der Waals surface area contributed by atoms with Crippen LogP contribution in [0.2, 0.25) is 0 Å². The maximum absolute atomic E-state index is 13.2. The smallest absolute Gasteiger partial charge is 0.327 e. The van der Waals surface area contributed by atoms with E-state index >= 15 is 0 Å². The number of hydrogen-bond acceptors (Lipinski definition) is 3. The Bertz CT molecular complexity index is 1120. The molecule has 0 spiro atoms.